The first kappa shape index (κ1) is 17.5. The number of carbonyl (C=O) groups is 2. The number of rotatable bonds is 6. The van der Waals surface area contributed by atoms with Crippen LogP contribution in [-0.4, -0.2) is 30.5 Å². The summed E-state index contributed by atoms with van der Waals surface area (Å²) in [5, 5.41) is 2.80. The summed E-state index contributed by atoms with van der Waals surface area (Å²) in [7, 11) is 1.54. The molecule has 0 atom stereocenters. The van der Waals surface area contributed by atoms with Gasteiger partial charge >= 0.3 is 0 Å². The molecule has 0 fully saturated rings. The van der Waals surface area contributed by atoms with E-state index in [0.29, 0.717) is 18.0 Å². The average molecular weight is 327 g/mol. The van der Waals surface area contributed by atoms with Gasteiger partial charge in [-0.25, -0.2) is 0 Å². The smallest absolute Gasteiger partial charge is 0.240 e. The number of aryl methyl sites for hydroxylation is 1. The minimum Gasteiger partial charge on any atom is -0.495 e. The zero-order chi connectivity index (χ0) is 17.5. The topological polar surface area (TPSA) is 71.5 Å². The van der Waals surface area contributed by atoms with E-state index in [2.05, 4.69) is 10.3 Å². The molecule has 24 heavy (non-hydrogen) atoms. The summed E-state index contributed by atoms with van der Waals surface area (Å²) >= 11 is 0. The van der Waals surface area contributed by atoms with Gasteiger partial charge in [0.2, 0.25) is 11.8 Å². The highest BCUT2D eigenvalue weighted by molar-refractivity contribution is 5.98. The zero-order valence-electron chi connectivity index (χ0n) is 14.1. The van der Waals surface area contributed by atoms with Crippen LogP contribution in [0.25, 0.3) is 0 Å². The van der Waals surface area contributed by atoms with Crippen molar-refractivity contribution in [2.75, 3.05) is 18.6 Å². The predicted octanol–water partition coefficient (Wildman–Crippen LogP) is 2.07. The number of amides is 2. The van der Waals surface area contributed by atoms with Crippen LogP contribution in [0.4, 0.5) is 5.69 Å². The Labute approximate surface area is 141 Å². The molecule has 6 heteroatoms. The molecule has 0 radical (unpaired) electrons. The van der Waals surface area contributed by atoms with Crippen LogP contribution in [0.2, 0.25) is 0 Å². The first-order chi connectivity index (χ1) is 11.5. The van der Waals surface area contributed by atoms with Crippen LogP contribution >= 0.6 is 0 Å². The second-order valence-corrected chi connectivity index (χ2v) is 5.41. The largest absolute Gasteiger partial charge is 0.495 e. The Morgan fingerprint density at radius 1 is 1.21 bits per heavy atom. The Kier molecular flexibility index (Phi) is 5.89. The van der Waals surface area contributed by atoms with E-state index in [0.717, 1.165) is 11.1 Å². The molecular formula is C18H21N3O3. The van der Waals surface area contributed by atoms with E-state index in [1.165, 1.54) is 18.9 Å². The van der Waals surface area contributed by atoms with Gasteiger partial charge in [0.05, 0.1) is 12.8 Å². The minimum absolute atomic E-state index is 0.0692. The summed E-state index contributed by atoms with van der Waals surface area (Å²) in [6, 6.07) is 9.16. The number of methoxy groups -OCH3 is 1. The van der Waals surface area contributed by atoms with Gasteiger partial charge in [-0.2, -0.15) is 0 Å². The molecule has 6 nitrogen and oxygen atoms in total. The van der Waals surface area contributed by atoms with Gasteiger partial charge in [0.25, 0.3) is 0 Å². The number of hydrogen-bond acceptors (Lipinski definition) is 4. The van der Waals surface area contributed by atoms with Gasteiger partial charge in [-0.1, -0.05) is 6.07 Å². The van der Waals surface area contributed by atoms with Crippen LogP contribution in [0.3, 0.4) is 0 Å². The van der Waals surface area contributed by atoms with Crippen LogP contribution in [0, 0.1) is 6.92 Å². The molecule has 0 aliphatic carbocycles. The van der Waals surface area contributed by atoms with Gasteiger partial charge in [-0.05, 0) is 42.3 Å². The zero-order valence-corrected chi connectivity index (χ0v) is 14.1. The van der Waals surface area contributed by atoms with E-state index in [1.54, 1.807) is 18.5 Å². The second kappa shape index (κ2) is 8.10. The highest BCUT2D eigenvalue weighted by atomic mass is 16.5. The second-order valence-electron chi connectivity index (χ2n) is 5.41. The molecule has 0 saturated carbocycles. The first-order valence-corrected chi connectivity index (χ1v) is 7.59. The van der Waals surface area contributed by atoms with E-state index in [9.17, 15) is 9.59 Å². The van der Waals surface area contributed by atoms with E-state index < -0.39 is 0 Å². The number of benzene rings is 1. The molecule has 0 aliphatic rings. The Morgan fingerprint density at radius 2 is 1.92 bits per heavy atom. The summed E-state index contributed by atoms with van der Waals surface area (Å²) in [5.74, 6) is 0.0845. The van der Waals surface area contributed by atoms with Gasteiger partial charge in [-0.15, -0.1) is 0 Å². The molecule has 0 saturated heterocycles. The molecule has 0 bridgehead atoms. The van der Waals surface area contributed by atoms with E-state index in [4.69, 9.17) is 4.74 Å². The van der Waals surface area contributed by atoms with Crippen molar-refractivity contribution in [3.8, 4) is 5.75 Å². The fourth-order valence-corrected chi connectivity index (χ4v) is 2.28. The molecule has 0 unspecified atom stereocenters. The van der Waals surface area contributed by atoms with Crippen LogP contribution in [0.1, 0.15) is 18.1 Å². The standard InChI is InChI=1S/C18H21N3O3/c1-13-4-5-17(24-3)16(10-13)21(14(2)22)12-18(23)20-11-15-6-8-19-9-7-15/h4-10H,11-12H2,1-3H3,(H,20,23). The van der Waals surface area contributed by atoms with Gasteiger partial charge in [0, 0.05) is 25.9 Å². The number of hydrogen-bond donors (Lipinski definition) is 1. The molecule has 1 aromatic carbocycles. The first-order valence-electron chi connectivity index (χ1n) is 7.59. The Morgan fingerprint density at radius 3 is 2.54 bits per heavy atom. The molecule has 1 N–H and O–H groups in total. The van der Waals surface area contributed by atoms with Crippen molar-refractivity contribution in [2.45, 2.75) is 20.4 Å². The van der Waals surface area contributed by atoms with Crippen LogP contribution in [0.15, 0.2) is 42.7 Å². The quantitative estimate of drug-likeness (QED) is 0.881. The Bertz CT molecular complexity index is 717. The lowest BCUT2D eigenvalue weighted by Gasteiger charge is -2.23. The van der Waals surface area contributed by atoms with Crippen molar-refractivity contribution in [2.24, 2.45) is 0 Å². The van der Waals surface area contributed by atoms with Crippen LogP contribution in [-0.2, 0) is 16.1 Å². The number of nitrogens with one attached hydrogen (secondary N) is 1. The number of nitrogens with zero attached hydrogens (tertiary/aromatic N) is 2. The predicted molar refractivity (Wildman–Crippen MR) is 91.8 cm³/mol. The monoisotopic (exact) mass is 327 g/mol. The molecule has 1 heterocycles. The highest BCUT2D eigenvalue weighted by Gasteiger charge is 2.19. The Balaban J connectivity index is 2.10. The van der Waals surface area contributed by atoms with Crippen molar-refractivity contribution in [3.63, 3.8) is 0 Å². The summed E-state index contributed by atoms with van der Waals surface area (Å²) < 4.78 is 5.31. The molecular weight excluding hydrogens is 306 g/mol. The van der Waals surface area contributed by atoms with Crippen molar-refractivity contribution in [3.05, 3.63) is 53.9 Å². The van der Waals surface area contributed by atoms with E-state index in [1.807, 2.05) is 31.2 Å². The molecule has 2 aromatic rings. The van der Waals surface area contributed by atoms with Crippen molar-refractivity contribution < 1.29 is 14.3 Å². The number of anilines is 1. The SMILES string of the molecule is COc1ccc(C)cc1N(CC(=O)NCc1ccncc1)C(C)=O. The van der Waals surface area contributed by atoms with Crippen molar-refractivity contribution >= 4 is 17.5 Å². The van der Waals surface area contributed by atoms with E-state index in [-0.39, 0.29) is 18.4 Å². The molecule has 2 rings (SSSR count). The lowest BCUT2D eigenvalue weighted by Crippen LogP contribution is -2.39. The number of aromatic nitrogens is 1. The third-order valence-electron chi connectivity index (χ3n) is 3.55. The number of ether oxygens (including phenoxy) is 1. The third kappa shape index (κ3) is 4.55. The van der Waals surface area contributed by atoms with Gasteiger partial charge < -0.3 is 10.1 Å². The summed E-state index contributed by atoms with van der Waals surface area (Å²) in [4.78, 5) is 29.6. The maximum atomic E-state index is 12.2. The van der Waals surface area contributed by atoms with Crippen molar-refractivity contribution in [1.29, 1.82) is 0 Å². The van der Waals surface area contributed by atoms with Gasteiger partial charge in [0.15, 0.2) is 0 Å². The molecule has 0 spiro atoms. The average Bonchev–Trinajstić information content (AvgIpc) is 2.58. The minimum atomic E-state index is -0.245. The number of carbonyl (C=O) groups excluding carboxylic acids is 2. The molecule has 2 amide bonds. The molecule has 0 aliphatic heterocycles. The summed E-state index contributed by atoms with van der Waals surface area (Å²) in [6.07, 6.45) is 3.34. The van der Waals surface area contributed by atoms with Crippen LogP contribution in [0.5, 0.6) is 5.75 Å². The fraction of sp³-hybridized carbons (Fsp3) is 0.278. The lowest BCUT2D eigenvalue weighted by atomic mass is 10.2. The molecule has 1 aromatic heterocycles. The maximum Gasteiger partial charge on any atom is 0.240 e. The van der Waals surface area contributed by atoms with E-state index >= 15 is 0 Å². The summed E-state index contributed by atoms with van der Waals surface area (Å²) in [6.45, 7) is 3.67. The van der Waals surface area contributed by atoms with Crippen molar-refractivity contribution in [1.82, 2.24) is 10.3 Å². The lowest BCUT2D eigenvalue weighted by molar-refractivity contribution is -0.123. The molecule has 126 valence electrons. The van der Waals surface area contributed by atoms with Gasteiger partial charge in [0.1, 0.15) is 12.3 Å². The highest BCUT2D eigenvalue weighted by Crippen LogP contribution is 2.29. The van der Waals surface area contributed by atoms with Gasteiger partial charge in [-0.3, -0.25) is 19.5 Å². The Hall–Kier alpha value is -2.89. The maximum absolute atomic E-state index is 12.2. The normalized spacial score (nSPS) is 10.1. The van der Waals surface area contributed by atoms with Crippen LogP contribution < -0.4 is 15.0 Å². The fourth-order valence-electron chi connectivity index (χ4n) is 2.28. The third-order valence-corrected chi connectivity index (χ3v) is 3.55. The number of pyridine rings is 1. The summed E-state index contributed by atoms with van der Waals surface area (Å²) in [5.41, 5.74) is 2.51.